The van der Waals surface area contributed by atoms with E-state index in [0.29, 0.717) is 6.42 Å². The van der Waals surface area contributed by atoms with E-state index in [1.807, 2.05) is 37.3 Å². The van der Waals surface area contributed by atoms with Gasteiger partial charge >= 0.3 is 6.15 Å². The third-order valence-electron chi connectivity index (χ3n) is 8.84. The smallest absolute Gasteiger partial charge is 0.373 e. The zero-order chi connectivity index (χ0) is 31.8. The van der Waals surface area contributed by atoms with Gasteiger partial charge in [0.2, 0.25) is 0 Å². The van der Waals surface area contributed by atoms with Crippen LogP contribution in [-0.4, -0.2) is 55.0 Å². The molecule has 45 heavy (non-hydrogen) atoms. The van der Waals surface area contributed by atoms with Crippen LogP contribution in [0.15, 0.2) is 96.1 Å². The van der Waals surface area contributed by atoms with Crippen LogP contribution >= 0.6 is 0 Å². The van der Waals surface area contributed by atoms with Crippen LogP contribution in [0.1, 0.15) is 48.6 Å². The number of carbonyl (C=O) groups is 1. The number of benzene rings is 3. The number of ether oxygens (including phenoxy) is 2. The topological polar surface area (TPSA) is 97.0 Å². The van der Waals surface area contributed by atoms with Crippen molar-refractivity contribution in [1.82, 2.24) is 4.90 Å². The van der Waals surface area contributed by atoms with E-state index in [2.05, 4.69) is 84.0 Å². The first kappa shape index (κ1) is 32.1. The molecule has 0 radical (unpaired) electrons. The Balaban J connectivity index is 0.00000128. The molecule has 3 unspecified atom stereocenters. The second-order valence-corrected chi connectivity index (χ2v) is 11.5. The molecule has 234 valence electrons. The molecule has 3 heterocycles. The number of nitrogens with zero attached hydrogens (tertiary/aromatic N) is 1. The highest BCUT2D eigenvalue weighted by Crippen LogP contribution is 2.52. The molecule has 3 aromatic carbocycles. The molecule has 8 heteroatoms. The fourth-order valence-corrected chi connectivity index (χ4v) is 6.65. The molecule has 8 nitrogen and oxygen atoms in total. The van der Waals surface area contributed by atoms with Crippen LogP contribution in [0.4, 0.5) is 11.4 Å². The van der Waals surface area contributed by atoms with Gasteiger partial charge in [0.05, 0.1) is 24.8 Å². The second-order valence-electron chi connectivity index (χ2n) is 11.5. The Morgan fingerprint density at radius 2 is 1.69 bits per heavy atom. The number of carbonyl (C=O) groups excluding carboxylic acids is 3. The standard InChI is InChI=1S/C36H41N3O3.CO2/c1-4-27-11-9-10-25(3)33(27)38-35(40)32-30(5-2)36(19-18-31(32)42-36)34(37-29-12-7-6-8-13-29)28-16-14-26(15-17-28)24-39-20-22-41-23-21-39;2-1-3/h6-19,31,34,37H,4-5,20-24H2,1-3H3,(H,38,40);. The molecule has 0 saturated carbocycles. The van der Waals surface area contributed by atoms with Gasteiger partial charge in [0.1, 0.15) is 11.7 Å². The van der Waals surface area contributed by atoms with Gasteiger partial charge in [-0.05, 0) is 65.8 Å². The predicted octanol–water partition coefficient (Wildman–Crippen LogP) is 6.01. The van der Waals surface area contributed by atoms with Crippen molar-refractivity contribution in [3.05, 3.63) is 118 Å². The number of rotatable bonds is 10. The number of aryl methyl sites for hydroxylation is 2. The van der Waals surface area contributed by atoms with Gasteiger partial charge in [-0.3, -0.25) is 9.69 Å². The van der Waals surface area contributed by atoms with Crippen LogP contribution in [-0.2, 0) is 36.8 Å². The number of anilines is 2. The molecular formula is C37H41N3O5. The summed E-state index contributed by atoms with van der Waals surface area (Å²) >= 11 is 0. The van der Waals surface area contributed by atoms with Crippen molar-refractivity contribution < 1.29 is 23.9 Å². The molecule has 2 N–H and O–H groups in total. The second kappa shape index (κ2) is 14.6. The molecule has 6 rings (SSSR count). The lowest BCUT2D eigenvalue weighted by molar-refractivity contribution is -0.191. The number of nitrogens with one attached hydrogen (secondary N) is 2. The highest BCUT2D eigenvalue weighted by molar-refractivity contribution is 6.07. The number of para-hydroxylation sites is 2. The summed E-state index contributed by atoms with van der Waals surface area (Å²) in [6.45, 7) is 10.7. The number of morpholine rings is 1. The molecule has 2 bridgehead atoms. The van der Waals surface area contributed by atoms with Gasteiger partial charge in [-0.25, -0.2) is 0 Å². The third kappa shape index (κ3) is 6.85. The largest absolute Gasteiger partial charge is 0.379 e. The van der Waals surface area contributed by atoms with Crippen LogP contribution in [0.25, 0.3) is 0 Å². The quantitative estimate of drug-likeness (QED) is 0.273. The minimum Gasteiger partial charge on any atom is -0.379 e. The minimum atomic E-state index is -0.771. The van der Waals surface area contributed by atoms with Gasteiger partial charge in [-0.1, -0.05) is 80.6 Å². The molecule has 3 aliphatic rings. The average Bonchev–Trinajstić information content (AvgIpc) is 3.64. The molecule has 1 fully saturated rings. The van der Waals surface area contributed by atoms with Crippen LogP contribution in [0.5, 0.6) is 0 Å². The van der Waals surface area contributed by atoms with Gasteiger partial charge in [-0.2, -0.15) is 9.59 Å². The summed E-state index contributed by atoms with van der Waals surface area (Å²) < 4.78 is 12.4. The Morgan fingerprint density at radius 3 is 2.36 bits per heavy atom. The summed E-state index contributed by atoms with van der Waals surface area (Å²) in [5.74, 6) is -0.0774. The van der Waals surface area contributed by atoms with Crippen molar-refractivity contribution >= 4 is 23.4 Å². The van der Waals surface area contributed by atoms with Gasteiger partial charge < -0.3 is 20.1 Å². The van der Waals surface area contributed by atoms with Crippen LogP contribution in [0.3, 0.4) is 0 Å². The molecule has 1 amide bonds. The first-order valence-electron chi connectivity index (χ1n) is 15.6. The minimum absolute atomic E-state index is 0.0774. The molecule has 3 aromatic rings. The van der Waals surface area contributed by atoms with E-state index in [1.165, 1.54) is 5.56 Å². The molecule has 0 aliphatic carbocycles. The lowest BCUT2D eigenvalue weighted by Crippen LogP contribution is -2.40. The van der Waals surface area contributed by atoms with Crippen molar-refractivity contribution in [2.45, 2.75) is 57.9 Å². The van der Waals surface area contributed by atoms with Crippen molar-refractivity contribution in [3.8, 4) is 0 Å². The monoisotopic (exact) mass is 607 g/mol. The van der Waals surface area contributed by atoms with E-state index < -0.39 is 5.60 Å². The Hall–Kier alpha value is -4.33. The Morgan fingerprint density at radius 1 is 0.978 bits per heavy atom. The number of amides is 1. The number of hydrogen-bond donors (Lipinski definition) is 2. The van der Waals surface area contributed by atoms with E-state index in [4.69, 9.17) is 19.1 Å². The van der Waals surface area contributed by atoms with E-state index in [-0.39, 0.29) is 24.2 Å². The molecule has 3 aliphatic heterocycles. The average molecular weight is 608 g/mol. The van der Waals surface area contributed by atoms with E-state index in [9.17, 15) is 4.79 Å². The highest BCUT2D eigenvalue weighted by atomic mass is 16.5. The Bertz CT molecular complexity index is 1570. The lowest BCUT2D eigenvalue weighted by Gasteiger charge is -2.37. The van der Waals surface area contributed by atoms with E-state index >= 15 is 0 Å². The zero-order valence-corrected chi connectivity index (χ0v) is 26.2. The number of fused-ring (bicyclic) bond motifs is 2. The van der Waals surface area contributed by atoms with Crippen molar-refractivity contribution in [2.24, 2.45) is 0 Å². The summed E-state index contributed by atoms with van der Waals surface area (Å²) in [7, 11) is 0. The maximum atomic E-state index is 14.0. The van der Waals surface area contributed by atoms with Crippen molar-refractivity contribution in [2.75, 3.05) is 36.9 Å². The maximum Gasteiger partial charge on any atom is 0.373 e. The van der Waals surface area contributed by atoms with Gasteiger partial charge in [-0.15, -0.1) is 0 Å². The molecule has 0 spiro atoms. The predicted molar refractivity (Wildman–Crippen MR) is 174 cm³/mol. The zero-order valence-electron chi connectivity index (χ0n) is 26.2. The Kier molecular flexibility index (Phi) is 10.4. The van der Waals surface area contributed by atoms with Gasteiger partial charge in [0.15, 0.2) is 0 Å². The van der Waals surface area contributed by atoms with Crippen LogP contribution in [0.2, 0.25) is 0 Å². The van der Waals surface area contributed by atoms with Crippen molar-refractivity contribution in [1.29, 1.82) is 0 Å². The molecular weight excluding hydrogens is 566 g/mol. The van der Waals surface area contributed by atoms with Gasteiger partial charge in [0.25, 0.3) is 5.91 Å². The first-order valence-corrected chi connectivity index (χ1v) is 15.6. The Labute approximate surface area is 265 Å². The van der Waals surface area contributed by atoms with Crippen LogP contribution < -0.4 is 10.6 Å². The third-order valence-corrected chi connectivity index (χ3v) is 8.84. The normalized spacial score (nSPS) is 21.1. The highest BCUT2D eigenvalue weighted by Gasteiger charge is 2.54. The van der Waals surface area contributed by atoms with Gasteiger partial charge in [0, 0.05) is 31.0 Å². The molecule has 0 aromatic heterocycles. The fourth-order valence-electron chi connectivity index (χ4n) is 6.65. The molecule has 3 atom stereocenters. The number of hydrogen-bond acceptors (Lipinski definition) is 7. The fraction of sp³-hybridized carbons (Fsp3) is 0.351. The molecule has 1 saturated heterocycles. The van der Waals surface area contributed by atoms with E-state index in [0.717, 1.165) is 78.5 Å². The summed E-state index contributed by atoms with van der Waals surface area (Å²) in [4.78, 5) is 32.7. The summed E-state index contributed by atoms with van der Waals surface area (Å²) in [5.41, 5.74) is 7.51. The summed E-state index contributed by atoms with van der Waals surface area (Å²) in [5, 5.41) is 7.06. The lowest BCUT2D eigenvalue weighted by atomic mass is 9.77. The maximum absolute atomic E-state index is 14.0. The summed E-state index contributed by atoms with van der Waals surface area (Å²) in [6.07, 6.45) is 5.65. The summed E-state index contributed by atoms with van der Waals surface area (Å²) in [6, 6.07) is 25.1. The SMILES string of the molecule is CCC1=C(C(=O)Nc2c(C)cccc2CC)C2C=CC1(C(Nc1ccccc1)c1ccc(CN3CCOCC3)cc1)O2.O=C=O. The van der Waals surface area contributed by atoms with E-state index in [1.54, 1.807) is 0 Å². The van der Waals surface area contributed by atoms with Crippen molar-refractivity contribution in [3.63, 3.8) is 0 Å². The van der Waals surface area contributed by atoms with Crippen LogP contribution in [0, 0.1) is 6.92 Å². The first-order chi connectivity index (χ1) is 21.9.